The molecule has 5 aromatic rings. The van der Waals surface area contributed by atoms with Crippen molar-refractivity contribution in [2.45, 2.75) is 129 Å². The van der Waals surface area contributed by atoms with Crippen LogP contribution in [-0.2, 0) is 36.5 Å². The lowest BCUT2D eigenvalue weighted by atomic mass is 9.76. The van der Waals surface area contributed by atoms with Gasteiger partial charge in [-0.2, -0.15) is 0 Å². The van der Waals surface area contributed by atoms with Crippen LogP contribution in [-0.4, -0.2) is 28.6 Å². The largest absolute Gasteiger partial charge is 0.508 e. The molecule has 0 aliphatic carbocycles. The number of benzene rings is 5. The average molecular weight is 887 g/mol. The number of Topliss-reactive ketones (excluding diaryl/α,β-unsaturated/α-hetero) is 1. The summed E-state index contributed by atoms with van der Waals surface area (Å²) >= 11 is 0. The highest BCUT2D eigenvalue weighted by Crippen LogP contribution is 2.40. The first-order valence-electron chi connectivity index (χ1n) is 23.4. The van der Waals surface area contributed by atoms with Crippen LogP contribution in [0.1, 0.15) is 146 Å². The molecule has 0 fully saturated rings. The van der Waals surface area contributed by atoms with Crippen molar-refractivity contribution in [2.75, 3.05) is 0 Å². The molecule has 0 atom stereocenters. The van der Waals surface area contributed by atoms with Gasteiger partial charge < -0.3 is 19.3 Å². The minimum Gasteiger partial charge on any atom is -0.508 e. The second-order valence-electron chi connectivity index (χ2n) is 18.2. The van der Waals surface area contributed by atoms with Gasteiger partial charge >= 0.3 is 5.97 Å². The first kappa shape index (κ1) is 50.6. The summed E-state index contributed by atoms with van der Waals surface area (Å²) < 4.78 is 19.3. The van der Waals surface area contributed by atoms with E-state index < -0.39 is 22.4 Å². The Bertz CT molecular complexity index is 2550. The zero-order valence-corrected chi connectivity index (χ0v) is 40.6. The number of allylic oxidation sites excluding steroid dienone is 4. The molecule has 0 radical (unpaired) electrons. The van der Waals surface area contributed by atoms with Gasteiger partial charge in [0.15, 0.2) is 5.60 Å². The van der Waals surface area contributed by atoms with Gasteiger partial charge in [0.1, 0.15) is 23.0 Å². The predicted octanol–water partition coefficient (Wildman–Crippen LogP) is 14.6. The Labute approximate surface area is 394 Å². The number of ether oxygens (including phenoxy) is 3. The van der Waals surface area contributed by atoms with Gasteiger partial charge in [-0.1, -0.05) is 140 Å². The van der Waals surface area contributed by atoms with E-state index in [1.165, 1.54) is 0 Å². The highest BCUT2D eigenvalue weighted by Gasteiger charge is 2.39. The molecule has 1 N–H and O–H groups in total. The molecule has 0 heterocycles. The molecule has 66 heavy (non-hydrogen) atoms. The summed E-state index contributed by atoms with van der Waals surface area (Å²) in [5, 5.41) is 10.4. The summed E-state index contributed by atoms with van der Waals surface area (Å²) in [4.78, 5) is 28.6. The minimum atomic E-state index is -1.21. The van der Waals surface area contributed by atoms with Crippen LogP contribution in [0.15, 0.2) is 148 Å². The molecule has 6 nitrogen and oxygen atoms in total. The van der Waals surface area contributed by atoms with E-state index in [9.17, 15) is 14.7 Å². The Kier molecular flexibility index (Phi) is 17.0. The maximum Gasteiger partial charge on any atom is 0.343 e. The standard InChI is InChI=1S/C60H70O6/c1-13-22-41-37-47(28-32-52(41)61)58(9,10)50-31-35-55(44(40-50)25-16-4)66-60(19-7,20-8)56(62)45-26-21-27-46(36-45)57(63)65-54-34-30-49(39-43(54)24-15-3)59(11,12)48-29-33-53(42(38-48)23-14-2)64-51(17-5)18-6/h13-16,21,26-40,51,61H,1-4,17-20,22-25H2,5-12H3. The number of carbonyl (C=O) groups is 2. The Hall–Kier alpha value is -6.40. The summed E-state index contributed by atoms with van der Waals surface area (Å²) in [7, 11) is 0. The van der Waals surface area contributed by atoms with Gasteiger partial charge in [0, 0.05) is 16.4 Å². The molecule has 0 saturated carbocycles. The second-order valence-corrected chi connectivity index (χ2v) is 18.2. The number of hydrogen-bond acceptors (Lipinski definition) is 6. The molecule has 5 rings (SSSR count). The number of phenolic OH excluding ortho intramolecular Hbond substituents is 1. The number of hydrogen-bond donors (Lipinski definition) is 1. The zero-order chi connectivity index (χ0) is 48.2. The van der Waals surface area contributed by atoms with Crippen LogP contribution in [0.25, 0.3) is 0 Å². The van der Waals surface area contributed by atoms with E-state index in [0.29, 0.717) is 55.6 Å². The summed E-state index contributed by atoms with van der Waals surface area (Å²) in [5.41, 5.74) is 6.54. The number of ketones is 1. The maximum absolute atomic E-state index is 14.7. The number of aromatic hydroxyl groups is 1. The molecule has 0 aliphatic rings. The summed E-state index contributed by atoms with van der Waals surface area (Å²) in [5.74, 6) is 1.37. The van der Waals surface area contributed by atoms with Crippen LogP contribution in [0.3, 0.4) is 0 Å². The number of phenols is 1. The van der Waals surface area contributed by atoms with E-state index in [2.05, 4.69) is 98.2 Å². The van der Waals surface area contributed by atoms with Crippen molar-refractivity contribution in [3.63, 3.8) is 0 Å². The van der Waals surface area contributed by atoms with Gasteiger partial charge in [0.2, 0.25) is 5.78 Å². The fourth-order valence-corrected chi connectivity index (χ4v) is 8.61. The van der Waals surface area contributed by atoms with Gasteiger partial charge in [0.25, 0.3) is 0 Å². The first-order chi connectivity index (χ1) is 31.5. The monoisotopic (exact) mass is 887 g/mol. The van der Waals surface area contributed by atoms with Gasteiger partial charge in [-0.25, -0.2) is 4.79 Å². The van der Waals surface area contributed by atoms with Crippen molar-refractivity contribution in [3.05, 3.63) is 203 Å². The third kappa shape index (κ3) is 11.2. The lowest BCUT2D eigenvalue weighted by molar-refractivity contribution is 0.0407. The second kappa shape index (κ2) is 22.2. The first-order valence-corrected chi connectivity index (χ1v) is 23.4. The van der Waals surface area contributed by atoms with Gasteiger partial charge in [-0.05, 0) is 132 Å². The molecule has 0 spiro atoms. The number of rotatable bonds is 24. The maximum atomic E-state index is 14.7. The molecule has 0 unspecified atom stereocenters. The Balaban J connectivity index is 1.40. The van der Waals surface area contributed by atoms with Gasteiger partial charge in [-0.3, -0.25) is 4.79 Å². The molecule has 0 bridgehead atoms. The van der Waals surface area contributed by atoms with Crippen LogP contribution in [0.5, 0.6) is 23.0 Å². The predicted molar refractivity (Wildman–Crippen MR) is 272 cm³/mol. The fourth-order valence-electron chi connectivity index (χ4n) is 8.61. The average Bonchev–Trinajstić information content (AvgIpc) is 3.32. The molecule has 6 heteroatoms. The number of esters is 1. The minimum absolute atomic E-state index is 0.155. The Morgan fingerprint density at radius 3 is 1.48 bits per heavy atom. The van der Waals surface area contributed by atoms with E-state index in [4.69, 9.17) is 14.2 Å². The van der Waals surface area contributed by atoms with Crippen molar-refractivity contribution < 1.29 is 28.9 Å². The third-order valence-corrected chi connectivity index (χ3v) is 13.2. The van der Waals surface area contributed by atoms with Crippen molar-refractivity contribution in [3.8, 4) is 23.0 Å². The van der Waals surface area contributed by atoms with Gasteiger partial charge in [0.05, 0.1) is 11.7 Å². The third-order valence-electron chi connectivity index (χ3n) is 13.2. The molecule has 0 aliphatic heterocycles. The van der Waals surface area contributed by atoms with Crippen molar-refractivity contribution in [1.82, 2.24) is 0 Å². The molecule has 0 amide bonds. The SMILES string of the molecule is C=CCc1cc(C(C)(C)c2ccc(OC(CC)(CC)C(=O)c3cccc(C(=O)Oc4ccc(C(C)(C)c5ccc(OC(CC)CC)c(CC=C)c5)cc4CC=C)c3)c(CC=C)c2)ccc1O. The fraction of sp³-hybridized carbons (Fsp3) is 0.333. The lowest BCUT2D eigenvalue weighted by Gasteiger charge is -2.33. The van der Waals surface area contributed by atoms with E-state index in [-0.39, 0.29) is 23.2 Å². The smallest absolute Gasteiger partial charge is 0.343 e. The molecule has 0 aromatic heterocycles. The topological polar surface area (TPSA) is 82.1 Å². The summed E-state index contributed by atoms with van der Waals surface area (Å²) in [6.45, 7) is 32.7. The summed E-state index contributed by atoms with van der Waals surface area (Å²) in [6.07, 6.45) is 12.4. The van der Waals surface area contributed by atoms with Crippen LogP contribution in [0, 0.1) is 0 Å². The normalized spacial score (nSPS) is 11.8. The Morgan fingerprint density at radius 1 is 0.561 bits per heavy atom. The van der Waals surface area contributed by atoms with Crippen LogP contribution in [0.2, 0.25) is 0 Å². The molecule has 5 aromatic carbocycles. The van der Waals surface area contributed by atoms with Gasteiger partial charge in [-0.15, -0.1) is 26.3 Å². The van der Waals surface area contributed by atoms with Crippen LogP contribution >= 0.6 is 0 Å². The van der Waals surface area contributed by atoms with E-state index in [1.54, 1.807) is 42.5 Å². The van der Waals surface area contributed by atoms with Crippen molar-refractivity contribution in [1.29, 1.82) is 0 Å². The van der Waals surface area contributed by atoms with E-state index in [1.807, 2.05) is 62.4 Å². The number of carbonyl (C=O) groups excluding carboxylic acids is 2. The van der Waals surface area contributed by atoms with Crippen LogP contribution < -0.4 is 14.2 Å². The van der Waals surface area contributed by atoms with Crippen LogP contribution in [0.4, 0.5) is 0 Å². The van der Waals surface area contributed by atoms with E-state index >= 15 is 0 Å². The highest BCUT2D eigenvalue weighted by atomic mass is 16.5. The molecular weight excluding hydrogens is 817 g/mol. The molecule has 346 valence electrons. The Morgan fingerprint density at radius 2 is 0.985 bits per heavy atom. The van der Waals surface area contributed by atoms with Crippen molar-refractivity contribution >= 4 is 11.8 Å². The highest BCUT2D eigenvalue weighted by molar-refractivity contribution is 6.04. The van der Waals surface area contributed by atoms with E-state index in [0.717, 1.165) is 63.1 Å². The lowest BCUT2D eigenvalue weighted by Crippen LogP contribution is -2.44. The molecular formula is C60H70O6. The van der Waals surface area contributed by atoms with Crippen molar-refractivity contribution in [2.24, 2.45) is 0 Å². The summed E-state index contributed by atoms with van der Waals surface area (Å²) in [6, 6.07) is 30.9. The zero-order valence-electron chi connectivity index (χ0n) is 40.6. The molecule has 0 saturated heterocycles. The quantitative estimate of drug-likeness (QED) is 0.0288.